The van der Waals surface area contributed by atoms with Gasteiger partial charge in [-0.3, -0.25) is 0 Å². The number of nitrogens with two attached hydrogens (primary N) is 1. The van der Waals surface area contributed by atoms with Gasteiger partial charge in [0, 0.05) is 19.1 Å². The molecule has 1 heterocycles. The molecule has 1 atom stereocenters. The van der Waals surface area contributed by atoms with Gasteiger partial charge in [-0.1, -0.05) is 0 Å². The first kappa shape index (κ1) is 5.39. The van der Waals surface area contributed by atoms with E-state index in [0.29, 0.717) is 0 Å². The van der Waals surface area contributed by atoms with Gasteiger partial charge in [-0.2, -0.15) is 5.26 Å². The van der Waals surface area contributed by atoms with E-state index in [1.165, 1.54) is 0 Å². The summed E-state index contributed by atoms with van der Waals surface area (Å²) in [7, 11) is 0. The molecule has 1 aliphatic heterocycles. The molecular formula is C5H9N3. The lowest BCUT2D eigenvalue weighted by atomic mass is 10.3. The van der Waals surface area contributed by atoms with Crippen molar-refractivity contribution >= 4 is 0 Å². The molecule has 2 N–H and O–H groups in total. The second-order valence-corrected chi connectivity index (χ2v) is 2.09. The average Bonchev–Trinajstić information content (AvgIpc) is 2.14. The number of nitrogens with zero attached hydrogens (tertiary/aromatic N) is 2. The Hall–Kier alpha value is -0.750. The molecule has 44 valence electrons. The summed E-state index contributed by atoms with van der Waals surface area (Å²) >= 11 is 0. The zero-order chi connectivity index (χ0) is 5.98. The standard InChI is InChI=1S/C5H9N3/c6-4-8-2-1-5(7)3-8/h5H,1-3,7H2/t5-/m0/s1. The van der Waals surface area contributed by atoms with Crippen molar-refractivity contribution in [1.82, 2.24) is 4.90 Å². The number of hydrogen-bond acceptors (Lipinski definition) is 3. The largest absolute Gasteiger partial charge is 0.326 e. The molecule has 1 fully saturated rings. The fourth-order valence-electron chi connectivity index (χ4n) is 0.878. The summed E-state index contributed by atoms with van der Waals surface area (Å²) in [4.78, 5) is 1.69. The van der Waals surface area contributed by atoms with Crippen LogP contribution in [0.2, 0.25) is 0 Å². The van der Waals surface area contributed by atoms with Crippen LogP contribution in [0.15, 0.2) is 0 Å². The average molecular weight is 111 g/mol. The van der Waals surface area contributed by atoms with Gasteiger partial charge in [-0.05, 0) is 6.42 Å². The van der Waals surface area contributed by atoms with E-state index in [1.807, 2.05) is 6.19 Å². The van der Waals surface area contributed by atoms with E-state index in [9.17, 15) is 0 Å². The van der Waals surface area contributed by atoms with Crippen molar-refractivity contribution < 1.29 is 0 Å². The molecule has 1 saturated heterocycles. The first-order chi connectivity index (χ1) is 3.83. The number of rotatable bonds is 0. The van der Waals surface area contributed by atoms with Gasteiger partial charge in [-0.15, -0.1) is 0 Å². The number of hydrogen-bond donors (Lipinski definition) is 1. The molecule has 3 heteroatoms. The molecule has 1 aliphatic rings. The van der Waals surface area contributed by atoms with Gasteiger partial charge in [0.05, 0.1) is 0 Å². The van der Waals surface area contributed by atoms with E-state index in [2.05, 4.69) is 0 Å². The number of likely N-dealkylation sites (tertiary alicyclic amines) is 1. The Bertz CT molecular complexity index is 115. The van der Waals surface area contributed by atoms with Crippen LogP contribution in [-0.2, 0) is 0 Å². The minimum absolute atomic E-state index is 0.231. The molecule has 3 nitrogen and oxygen atoms in total. The highest BCUT2D eigenvalue weighted by Gasteiger charge is 2.16. The zero-order valence-electron chi connectivity index (χ0n) is 4.67. The minimum atomic E-state index is 0.231. The molecule has 0 amide bonds. The molecule has 0 aromatic rings. The predicted octanol–water partition coefficient (Wildman–Crippen LogP) is -0.500. The summed E-state index contributed by atoms with van der Waals surface area (Å²) in [5.41, 5.74) is 5.51. The van der Waals surface area contributed by atoms with Crippen molar-refractivity contribution in [3.63, 3.8) is 0 Å². The zero-order valence-corrected chi connectivity index (χ0v) is 4.67. The Morgan fingerprint density at radius 3 is 2.75 bits per heavy atom. The van der Waals surface area contributed by atoms with E-state index in [-0.39, 0.29) is 6.04 Å². The summed E-state index contributed by atoms with van der Waals surface area (Å²) < 4.78 is 0. The van der Waals surface area contributed by atoms with Crippen LogP contribution in [0, 0.1) is 11.5 Å². The van der Waals surface area contributed by atoms with Crippen LogP contribution >= 0.6 is 0 Å². The van der Waals surface area contributed by atoms with Crippen LogP contribution in [0.25, 0.3) is 0 Å². The summed E-state index contributed by atoms with van der Waals surface area (Å²) in [6.07, 6.45) is 3.01. The fourth-order valence-corrected chi connectivity index (χ4v) is 0.878. The third-order valence-corrected chi connectivity index (χ3v) is 1.37. The van der Waals surface area contributed by atoms with Crippen LogP contribution < -0.4 is 5.73 Å². The van der Waals surface area contributed by atoms with E-state index in [0.717, 1.165) is 19.5 Å². The molecule has 0 aliphatic carbocycles. The van der Waals surface area contributed by atoms with Gasteiger partial charge in [-0.25, -0.2) is 0 Å². The topological polar surface area (TPSA) is 53.0 Å². The van der Waals surface area contributed by atoms with Gasteiger partial charge in [0.25, 0.3) is 0 Å². The Morgan fingerprint density at radius 2 is 2.50 bits per heavy atom. The number of nitriles is 1. The maximum Gasteiger partial charge on any atom is 0.179 e. The van der Waals surface area contributed by atoms with Crippen molar-refractivity contribution in [2.75, 3.05) is 13.1 Å². The highest BCUT2D eigenvalue weighted by Crippen LogP contribution is 2.03. The summed E-state index contributed by atoms with van der Waals surface area (Å²) in [6, 6.07) is 0.231. The maximum absolute atomic E-state index is 8.30. The van der Waals surface area contributed by atoms with Gasteiger partial charge in [0.15, 0.2) is 6.19 Å². The molecule has 0 unspecified atom stereocenters. The monoisotopic (exact) mass is 111 g/mol. The van der Waals surface area contributed by atoms with Crippen molar-refractivity contribution in [3.8, 4) is 6.19 Å². The van der Waals surface area contributed by atoms with Crippen LogP contribution in [-0.4, -0.2) is 24.0 Å². The van der Waals surface area contributed by atoms with Crippen LogP contribution in [0.1, 0.15) is 6.42 Å². The molecule has 0 bridgehead atoms. The quantitative estimate of drug-likeness (QED) is 0.429. The molecule has 0 radical (unpaired) electrons. The normalized spacial score (nSPS) is 28.0. The Balaban J connectivity index is 2.35. The van der Waals surface area contributed by atoms with Gasteiger partial charge in [0.1, 0.15) is 0 Å². The van der Waals surface area contributed by atoms with Crippen LogP contribution in [0.3, 0.4) is 0 Å². The first-order valence-electron chi connectivity index (χ1n) is 2.73. The minimum Gasteiger partial charge on any atom is -0.326 e. The second-order valence-electron chi connectivity index (χ2n) is 2.09. The van der Waals surface area contributed by atoms with E-state index < -0.39 is 0 Å². The lowest BCUT2D eigenvalue weighted by Crippen LogP contribution is -2.23. The van der Waals surface area contributed by atoms with E-state index >= 15 is 0 Å². The SMILES string of the molecule is N#CN1CC[C@H](N)C1. The second kappa shape index (κ2) is 2.01. The summed E-state index contributed by atoms with van der Waals surface area (Å²) in [5, 5.41) is 8.30. The van der Waals surface area contributed by atoms with E-state index in [4.69, 9.17) is 11.0 Å². The molecule has 0 aromatic heterocycles. The highest BCUT2D eigenvalue weighted by atomic mass is 15.2. The van der Waals surface area contributed by atoms with Crippen molar-refractivity contribution in [2.45, 2.75) is 12.5 Å². The Labute approximate surface area is 48.7 Å². The molecular weight excluding hydrogens is 102 g/mol. The Kier molecular flexibility index (Phi) is 1.36. The lowest BCUT2D eigenvalue weighted by Gasteiger charge is -2.02. The first-order valence-corrected chi connectivity index (χ1v) is 2.73. The van der Waals surface area contributed by atoms with Gasteiger partial charge < -0.3 is 10.6 Å². The third-order valence-electron chi connectivity index (χ3n) is 1.37. The molecule has 8 heavy (non-hydrogen) atoms. The summed E-state index contributed by atoms with van der Waals surface area (Å²) in [6.45, 7) is 1.59. The van der Waals surface area contributed by atoms with Gasteiger partial charge in [0.2, 0.25) is 0 Å². The lowest BCUT2D eigenvalue weighted by molar-refractivity contribution is 0.479. The highest BCUT2D eigenvalue weighted by molar-refractivity contribution is 4.85. The smallest absolute Gasteiger partial charge is 0.179 e. The van der Waals surface area contributed by atoms with Crippen LogP contribution in [0.5, 0.6) is 0 Å². The molecule has 1 rings (SSSR count). The third kappa shape index (κ3) is 0.903. The maximum atomic E-state index is 8.30. The van der Waals surface area contributed by atoms with Gasteiger partial charge >= 0.3 is 0 Å². The van der Waals surface area contributed by atoms with E-state index in [1.54, 1.807) is 4.90 Å². The fraction of sp³-hybridized carbons (Fsp3) is 0.800. The van der Waals surface area contributed by atoms with Crippen LogP contribution in [0.4, 0.5) is 0 Å². The molecule has 0 spiro atoms. The summed E-state index contributed by atoms with van der Waals surface area (Å²) in [5.74, 6) is 0. The van der Waals surface area contributed by atoms with Crippen molar-refractivity contribution in [3.05, 3.63) is 0 Å². The van der Waals surface area contributed by atoms with Crippen molar-refractivity contribution in [1.29, 1.82) is 5.26 Å². The molecule has 0 saturated carbocycles. The predicted molar refractivity (Wildman–Crippen MR) is 29.8 cm³/mol. The van der Waals surface area contributed by atoms with Crippen molar-refractivity contribution in [2.24, 2.45) is 5.73 Å². The molecule has 0 aromatic carbocycles. The Morgan fingerprint density at radius 1 is 1.75 bits per heavy atom.